The molecule has 8 heteroatoms. The van der Waals surface area contributed by atoms with Crippen LogP contribution in [0.4, 0.5) is 10.3 Å². The minimum atomic E-state index is -0.423. The van der Waals surface area contributed by atoms with E-state index in [9.17, 15) is 14.0 Å². The maximum Gasteiger partial charge on any atom is 0.332 e. The van der Waals surface area contributed by atoms with Crippen LogP contribution >= 0.6 is 0 Å². The maximum atomic E-state index is 14.3. The van der Waals surface area contributed by atoms with E-state index in [-0.39, 0.29) is 12.4 Å². The second-order valence-electron chi connectivity index (χ2n) is 7.02. The molecule has 0 atom stereocenters. The zero-order valence-corrected chi connectivity index (χ0v) is 15.5. The zero-order chi connectivity index (χ0) is 19.1. The van der Waals surface area contributed by atoms with Gasteiger partial charge >= 0.3 is 5.69 Å². The highest BCUT2D eigenvalue weighted by atomic mass is 19.1. The number of hydrogen-bond acceptors (Lipinski definition) is 4. The van der Waals surface area contributed by atoms with Gasteiger partial charge in [-0.1, -0.05) is 18.2 Å². The number of nitrogens with zero attached hydrogens (tertiary/aromatic N) is 5. The Kier molecular flexibility index (Phi) is 4.33. The Labute approximate surface area is 155 Å². The third-order valence-corrected chi connectivity index (χ3v) is 5.25. The van der Waals surface area contributed by atoms with Crippen molar-refractivity contribution in [3.05, 3.63) is 56.5 Å². The van der Waals surface area contributed by atoms with Crippen molar-refractivity contribution < 1.29 is 4.39 Å². The van der Waals surface area contributed by atoms with Crippen LogP contribution in [0.15, 0.2) is 33.9 Å². The number of piperidine rings is 1. The Morgan fingerprint density at radius 2 is 1.74 bits per heavy atom. The number of imidazole rings is 1. The third kappa shape index (κ3) is 2.85. The molecular weight excluding hydrogens is 349 g/mol. The number of anilines is 1. The maximum absolute atomic E-state index is 14.3. The van der Waals surface area contributed by atoms with Crippen molar-refractivity contribution >= 4 is 17.1 Å². The van der Waals surface area contributed by atoms with Gasteiger partial charge in [0.1, 0.15) is 5.82 Å². The van der Waals surface area contributed by atoms with E-state index in [1.54, 1.807) is 29.8 Å². The monoisotopic (exact) mass is 371 g/mol. The molecule has 1 aliphatic heterocycles. The smallest absolute Gasteiger partial charge is 0.332 e. The molecule has 7 nitrogen and oxygen atoms in total. The summed E-state index contributed by atoms with van der Waals surface area (Å²) in [6.07, 6.45) is 3.24. The molecule has 0 bridgehead atoms. The van der Waals surface area contributed by atoms with E-state index >= 15 is 0 Å². The van der Waals surface area contributed by atoms with Crippen LogP contribution in [0.5, 0.6) is 0 Å². The molecule has 142 valence electrons. The Balaban J connectivity index is 1.99. The molecule has 0 unspecified atom stereocenters. The average molecular weight is 371 g/mol. The molecule has 4 rings (SSSR count). The Morgan fingerprint density at radius 3 is 2.44 bits per heavy atom. The molecular formula is C19H22FN5O2. The normalized spacial score (nSPS) is 14.9. The van der Waals surface area contributed by atoms with Gasteiger partial charge in [0.05, 0.1) is 6.54 Å². The number of halogens is 1. The summed E-state index contributed by atoms with van der Waals surface area (Å²) in [7, 11) is 3.05. The lowest BCUT2D eigenvalue weighted by molar-refractivity contribution is 0.556. The van der Waals surface area contributed by atoms with Gasteiger partial charge in [0.2, 0.25) is 5.95 Å². The topological polar surface area (TPSA) is 65.1 Å². The highest BCUT2D eigenvalue weighted by Gasteiger charge is 2.24. The molecule has 0 saturated carbocycles. The van der Waals surface area contributed by atoms with E-state index in [1.807, 2.05) is 0 Å². The van der Waals surface area contributed by atoms with Crippen molar-refractivity contribution in [2.75, 3.05) is 18.0 Å². The van der Waals surface area contributed by atoms with Crippen LogP contribution in [0.2, 0.25) is 0 Å². The summed E-state index contributed by atoms with van der Waals surface area (Å²) < 4.78 is 18.5. The first-order valence-corrected chi connectivity index (χ1v) is 9.13. The molecule has 1 saturated heterocycles. The van der Waals surface area contributed by atoms with Crippen LogP contribution < -0.4 is 16.1 Å². The van der Waals surface area contributed by atoms with Gasteiger partial charge < -0.3 is 4.90 Å². The number of aromatic nitrogens is 4. The minimum Gasteiger partial charge on any atom is -0.342 e. The van der Waals surface area contributed by atoms with Crippen LogP contribution in [0, 0.1) is 5.82 Å². The molecule has 0 amide bonds. The molecule has 0 aliphatic carbocycles. The molecule has 1 fully saturated rings. The predicted molar refractivity (Wildman–Crippen MR) is 102 cm³/mol. The zero-order valence-electron chi connectivity index (χ0n) is 15.5. The fraction of sp³-hybridized carbons (Fsp3) is 0.421. The summed E-state index contributed by atoms with van der Waals surface area (Å²) in [6, 6.07) is 6.52. The minimum absolute atomic E-state index is 0.183. The van der Waals surface area contributed by atoms with E-state index in [4.69, 9.17) is 0 Å². The molecule has 1 aromatic carbocycles. The van der Waals surface area contributed by atoms with Crippen LogP contribution in [0.25, 0.3) is 11.2 Å². The lowest BCUT2D eigenvalue weighted by Crippen LogP contribution is -2.37. The second kappa shape index (κ2) is 6.68. The lowest BCUT2D eigenvalue weighted by Gasteiger charge is -2.28. The molecule has 2 aromatic heterocycles. The summed E-state index contributed by atoms with van der Waals surface area (Å²) in [5, 5.41) is 0. The summed E-state index contributed by atoms with van der Waals surface area (Å²) in [6.45, 7) is 1.84. The summed E-state index contributed by atoms with van der Waals surface area (Å²) in [4.78, 5) is 31.9. The van der Waals surface area contributed by atoms with E-state index in [0.717, 1.165) is 36.9 Å². The first-order valence-electron chi connectivity index (χ1n) is 9.13. The first-order chi connectivity index (χ1) is 13.0. The summed E-state index contributed by atoms with van der Waals surface area (Å²) in [5.41, 5.74) is 0.294. The van der Waals surface area contributed by atoms with E-state index in [1.165, 1.54) is 17.7 Å². The van der Waals surface area contributed by atoms with Gasteiger partial charge in [-0.3, -0.25) is 18.5 Å². The first kappa shape index (κ1) is 17.5. The van der Waals surface area contributed by atoms with Gasteiger partial charge in [-0.25, -0.2) is 9.18 Å². The Bertz CT molecular complexity index is 1120. The van der Waals surface area contributed by atoms with E-state index in [2.05, 4.69) is 9.88 Å². The van der Waals surface area contributed by atoms with Gasteiger partial charge in [0, 0.05) is 32.7 Å². The van der Waals surface area contributed by atoms with Crippen molar-refractivity contribution in [3.8, 4) is 0 Å². The van der Waals surface area contributed by atoms with Crippen molar-refractivity contribution in [1.82, 2.24) is 18.7 Å². The molecule has 3 heterocycles. The van der Waals surface area contributed by atoms with Gasteiger partial charge in [-0.15, -0.1) is 0 Å². The number of rotatable bonds is 3. The number of aryl methyl sites for hydroxylation is 1. The summed E-state index contributed by atoms with van der Waals surface area (Å²) >= 11 is 0. The predicted octanol–water partition coefficient (Wildman–Crippen LogP) is 1.61. The van der Waals surface area contributed by atoms with Gasteiger partial charge in [-0.05, 0) is 25.3 Å². The fourth-order valence-electron chi connectivity index (χ4n) is 3.72. The number of benzene rings is 1. The lowest BCUT2D eigenvalue weighted by atomic mass is 10.1. The van der Waals surface area contributed by atoms with Crippen LogP contribution in [0.3, 0.4) is 0 Å². The summed E-state index contributed by atoms with van der Waals surface area (Å²) in [5.74, 6) is 0.289. The Hall–Kier alpha value is -2.90. The molecule has 1 aliphatic rings. The number of hydrogen-bond donors (Lipinski definition) is 0. The highest BCUT2D eigenvalue weighted by molar-refractivity contribution is 5.74. The molecule has 3 aromatic rings. The second-order valence-corrected chi connectivity index (χ2v) is 7.02. The molecule has 0 spiro atoms. The van der Waals surface area contributed by atoms with Gasteiger partial charge in [0.25, 0.3) is 5.56 Å². The average Bonchev–Trinajstić information content (AvgIpc) is 3.06. The van der Waals surface area contributed by atoms with Gasteiger partial charge in [-0.2, -0.15) is 4.98 Å². The van der Waals surface area contributed by atoms with Crippen molar-refractivity contribution in [1.29, 1.82) is 0 Å². The fourth-order valence-corrected chi connectivity index (χ4v) is 3.72. The largest absolute Gasteiger partial charge is 0.342 e. The third-order valence-electron chi connectivity index (χ3n) is 5.25. The Morgan fingerprint density at radius 1 is 1.04 bits per heavy atom. The molecule has 27 heavy (non-hydrogen) atoms. The standard InChI is InChI=1S/C19H22FN5O2/c1-22-16-15(17(26)23(2)19(22)27)25(12-13-8-4-5-9-14(13)20)18(21-16)24-10-6-3-7-11-24/h4-5,8-9H,3,6-7,10-12H2,1-2H3. The van der Waals surface area contributed by atoms with Gasteiger partial charge in [0.15, 0.2) is 11.2 Å². The molecule has 0 radical (unpaired) electrons. The van der Waals surface area contributed by atoms with Crippen molar-refractivity contribution in [2.24, 2.45) is 14.1 Å². The van der Waals surface area contributed by atoms with Crippen molar-refractivity contribution in [3.63, 3.8) is 0 Å². The van der Waals surface area contributed by atoms with Crippen LogP contribution in [0.1, 0.15) is 24.8 Å². The number of fused-ring (bicyclic) bond motifs is 1. The van der Waals surface area contributed by atoms with E-state index < -0.39 is 11.2 Å². The highest BCUT2D eigenvalue weighted by Crippen LogP contribution is 2.24. The quantitative estimate of drug-likeness (QED) is 0.702. The van der Waals surface area contributed by atoms with Crippen LogP contribution in [-0.2, 0) is 20.6 Å². The SMILES string of the molecule is Cn1c(=O)c2c(nc(N3CCCCC3)n2Cc2ccccc2F)n(C)c1=O. The van der Waals surface area contributed by atoms with Crippen LogP contribution in [-0.4, -0.2) is 31.8 Å². The van der Waals surface area contributed by atoms with E-state index in [0.29, 0.717) is 22.7 Å². The molecule has 0 N–H and O–H groups in total. The van der Waals surface area contributed by atoms with Crippen molar-refractivity contribution in [2.45, 2.75) is 25.8 Å².